The van der Waals surface area contributed by atoms with E-state index in [2.05, 4.69) is 6.58 Å². The minimum absolute atomic E-state index is 0.282. The minimum atomic E-state index is -4.50. The first-order chi connectivity index (χ1) is 5.93. The molecule has 0 aromatic heterocycles. The molecule has 0 heterocycles. The molecule has 0 aliphatic rings. The monoisotopic (exact) mass is 188 g/mol. The van der Waals surface area contributed by atoms with Gasteiger partial charge < -0.3 is 5.11 Å². The normalized spacial score (nSPS) is 11.3. The van der Waals surface area contributed by atoms with Crippen LogP contribution in [0.4, 0.5) is 13.2 Å². The summed E-state index contributed by atoms with van der Waals surface area (Å²) in [7, 11) is 0. The first-order valence-corrected chi connectivity index (χ1v) is 3.47. The summed E-state index contributed by atoms with van der Waals surface area (Å²) in [4.78, 5) is 0. The summed E-state index contributed by atoms with van der Waals surface area (Å²) in [5, 5.41) is 9.08. The zero-order valence-electron chi connectivity index (χ0n) is 6.60. The minimum Gasteiger partial charge on any atom is -0.507 e. The number of rotatable bonds is 1. The van der Waals surface area contributed by atoms with Crippen molar-refractivity contribution in [3.8, 4) is 5.75 Å². The summed E-state index contributed by atoms with van der Waals surface area (Å²) in [5.74, 6) is -0.412. The first-order valence-electron chi connectivity index (χ1n) is 3.47. The number of allylic oxidation sites excluding steroid dienone is 1. The summed E-state index contributed by atoms with van der Waals surface area (Å²) in [6.07, 6.45) is -4.50. The van der Waals surface area contributed by atoms with Gasteiger partial charge in [-0.25, -0.2) is 0 Å². The second kappa shape index (κ2) is 3.12. The number of aromatic hydroxyl groups is 1. The molecule has 0 unspecified atom stereocenters. The number of phenolic OH excluding ortho intramolecular Hbond substituents is 1. The second-order valence-corrected chi connectivity index (χ2v) is 2.49. The molecule has 70 valence electrons. The van der Waals surface area contributed by atoms with Gasteiger partial charge in [-0.2, -0.15) is 13.2 Å². The van der Waals surface area contributed by atoms with Crippen molar-refractivity contribution in [2.24, 2.45) is 0 Å². The van der Waals surface area contributed by atoms with E-state index in [1.807, 2.05) is 0 Å². The van der Waals surface area contributed by atoms with Crippen LogP contribution in [-0.4, -0.2) is 11.3 Å². The number of hydrogen-bond donors (Lipinski definition) is 1. The molecule has 0 bridgehead atoms. The highest BCUT2D eigenvalue weighted by Crippen LogP contribution is 2.35. The number of alkyl halides is 3. The fourth-order valence-corrected chi connectivity index (χ4v) is 0.882. The van der Waals surface area contributed by atoms with Crippen LogP contribution in [0.3, 0.4) is 0 Å². The van der Waals surface area contributed by atoms with E-state index in [0.717, 1.165) is 0 Å². The Labute approximate surface area is 73.1 Å². The maximum atomic E-state index is 12.1. The highest BCUT2D eigenvalue weighted by molar-refractivity contribution is 5.71. The molecular formula is C9H7F3O. The Morgan fingerprint density at radius 3 is 2.23 bits per heavy atom. The van der Waals surface area contributed by atoms with Gasteiger partial charge in [-0.05, 0) is 6.07 Å². The van der Waals surface area contributed by atoms with Crippen molar-refractivity contribution >= 4 is 5.57 Å². The van der Waals surface area contributed by atoms with Gasteiger partial charge in [0.2, 0.25) is 0 Å². The lowest BCUT2D eigenvalue weighted by atomic mass is 10.1. The maximum Gasteiger partial charge on any atom is 0.416 e. The predicted octanol–water partition coefficient (Wildman–Crippen LogP) is 2.97. The van der Waals surface area contributed by atoms with Crippen molar-refractivity contribution in [2.75, 3.05) is 0 Å². The van der Waals surface area contributed by atoms with Crippen LogP contribution in [0.15, 0.2) is 30.8 Å². The third-order valence-corrected chi connectivity index (χ3v) is 1.57. The lowest BCUT2D eigenvalue weighted by Crippen LogP contribution is -2.09. The van der Waals surface area contributed by atoms with E-state index in [-0.39, 0.29) is 5.56 Å². The van der Waals surface area contributed by atoms with Crippen molar-refractivity contribution in [1.82, 2.24) is 0 Å². The molecule has 0 saturated carbocycles. The summed E-state index contributed by atoms with van der Waals surface area (Å²) in [6.45, 7) is 2.87. The molecule has 1 aromatic rings. The summed E-state index contributed by atoms with van der Waals surface area (Å²) >= 11 is 0. The third-order valence-electron chi connectivity index (χ3n) is 1.57. The molecule has 0 spiro atoms. The van der Waals surface area contributed by atoms with Crippen molar-refractivity contribution in [1.29, 1.82) is 0 Å². The van der Waals surface area contributed by atoms with E-state index in [4.69, 9.17) is 5.11 Å². The van der Waals surface area contributed by atoms with E-state index in [1.165, 1.54) is 24.3 Å². The van der Waals surface area contributed by atoms with Gasteiger partial charge in [-0.15, -0.1) is 0 Å². The van der Waals surface area contributed by atoms with Gasteiger partial charge in [-0.1, -0.05) is 24.8 Å². The van der Waals surface area contributed by atoms with Crippen LogP contribution in [0.1, 0.15) is 5.56 Å². The van der Waals surface area contributed by atoms with Crippen LogP contribution in [0.5, 0.6) is 5.75 Å². The van der Waals surface area contributed by atoms with Gasteiger partial charge in [0.25, 0.3) is 0 Å². The highest BCUT2D eigenvalue weighted by atomic mass is 19.4. The lowest BCUT2D eigenvalue weighted by Gasteiger charge is -2.10. The second-order valence-electron chi connectivity index (χ2n) is 2.49. The van der Waals surface area contributed by atoms with E-state index in [0.29, 0.717) is 0 Å². The molecule has 0 saturated heterocycles. The standard InChI is InChI=1S/C9H7F3O/c1-6(9(10,11)12)7-4-2-3-5-8(7)13/h2-5,13H,1H2. The molecule has 0 aliphatic carbocycles. The molecule has 1 aromatic carbocycles. The molecule has 1 rings (SSSR count). The van der Waals surface area contributed by atoms with E-state index >= 15 is 0 Å². The van der Waals surface area contributed by atoms with Gasteiger partial charge in [0.15, 0.2) is 0 Å². The SMILES string of the molecule is C=C(c1ccccc1O)C(F)(F)F. The summed E-state index contributed by atoms with van der Waals surface area (Å²) in [6, 6.07) is 5.21. The molecule has 0 atom stereocenters. The lowest BCUT2D eigenvalue weighted by molar-refractivity contribution is -0.0687. The van der Waals surface area contributed by atoms with Crippen molar-refractivity contribution < 1.29 is 18.3 Å². The number of hydrogen-bond acceptors (Lipinski definition) is 1. The molecular weight excluding hydrogens is 181 g/mol. The Hall–Kier alpha value is -1.45. The number of phenols is 1. The molecule has 1 nitrogen and oxygen atoms in total. The van der Waals surface area contributed by atoms with E-state index < -0.39 is 17.5 Å². The number of para-hydroxylation sites is 1. The smallest absolute Gasteiger partial charge is 0.416 e. The highest BCUT2D eigenvalue weighted by Gasteiger charge is 2.33. The zero-order chi connectivity index (χ0) is 10.1. The maximum absolute atomic E-state index is 12.1. The average Bonchev–Trinajstić information content (AvgIpc) is 2.02. The zero-order valence-corrected chi connectivity index (χ0v) is 6.60. The van der Waals surface area contributed by atoms with Crippen LogP contribution in [0.25, 0.3) is 5.57 Å². The largest absolute Gasteiger partial charge is 0.507 e. The van der Waals surface area contributed by atoms with Crippen molar-refractivity contribution in [2.45, 2.75) is 6.18 Å². The molecule has 0 amide bonds. The van der Waals surface area contributed by atoms with Crippen LogP contribution in [-0.2, 0) is 0 Å². The van der Waals surface area contributed by atoms with Gasteiger partial charge >= 0.3 is 6.18 Å². The van der Waals surface area contributed by atoms with E-state index in [1.54, 1.807) is 0 Å². The Bertz CT molecular complexity index is 328. The topological polar surface area (TPSA) is 20.2 Å². The molecule has 0 aliphatic heterocycles. The average molecular weight is 188 g/mol. The molecule has 0 fully saturated rings. The van der Waals surface area contributed by atoms with Gasteiger partial charge in [-0.3, -0.25) is 0 Å². The number of halogens is 3. The fourth-order valence-electron chi connectivity index (χ4n) is 0.882. The van der Waals surface area contributed by atoms with Crippen molar-refractivity contribution in [3.63, 3.8) is 0 Å². The Morgan fingerprint density at radius 1 is 1.23 bits per heavy atom. The fraction of sp³-hybridized carbons (Fsp3) is 0.111. The summed E-state index contributed by atoms with van der Waals surface area (Å²) < 4.78 is 36.3. The third kappa shape index (κ3) is 2.02. The van der Waals surface area contributed by atoms with Gasteiger partial charge in [0.05, 0.1) is 5.57 Å². The first kappa shape index (κ1) is 9.64. The molecule has 13 heavy (non-hydrogen) atoms. The number of benzene rings is 1. The van der Waals surface area contributed by atoms with Gasteiger partial charge in [0, 0.05) is 5.56 Å². The van der Waals surface area contributed by atoms with E-state index in [9.17, 15) is 13.2 Å². The van der Waals surface area contributed by atoms with Crippen LogP contribution in [0.2, 0.25) is 0 Å². The van der Waals surface area contributed by atoms with Crippen molar-refractivity contribution in [3.05, 3.63) is 36.4 Å². The van der Waals surface area contributed by atoms with Gasteiger partial charge in [0.1, 0.15) is 5.75 Å². The molecule has 0 radical (unpaired) electrons. The van der Waals surface area contributed by atoms with Crippen LogP contribution in [0, 0.1) is 0 Å². The Kier molecular flexibility index (Phi) is 2.32. The van der Waals surface area contributed by atoms with Crippen LogP contribution >= 0.6 is 0 Å². The summed E-state index contributed by atoms with van der Waals surface area (Å²) in [5.41, 5.74) is -1.32. The Balaban J connectivity index is 3.10. The van der Waals surface area contributed by atoms with Crippen LogP contribution < -0.4 is 0 Å². The quantitative estimate of drug-likeness (QED) is 0.718. The molecule has 1 N–H and O–H groups in total. The molecule has 4 heteroatoms. The predicted molar refractivity (Wildman–Crippen MR) is 43.2 cm³/mol. The Morgan fingerprint density at radius 2 is 1.77 bits per heavy atom.